The standard InChI is InChI=1S/C12H17BrN2O/c1-8(2)11(14)12(16)15-7-9-3-5-10(13)6-4-9/h3-6,8,11H,7,14H2,1-2H3,(H,15,16). The number of nitrogens with one attached hydrogen (secondary N) is 1. The second-order valence-corrected chi connectivity index (χ2v) is 5.03. The van der Waals surface area contributed by atoms with Crippen LogP contribution in [0, 0.1) is 5.92 Å². The highest BCUT2D eigenvalue weighted by Gasteiger charge is 2.16. The number of hydrogen-bond donors (Lipinski definition) is 2. The van der Waals surface area contributed by atoms with Gasteiger partial charge in [0.15, 0.2) is 0 Å². The van der Waals surface area contributed by atoms with Crippen molar-refractivity contribution in [2.24, 2.45) is 11.7 Å². The average Bonchev–Trinajstić information content (AvgIpc) is 2.26. The summed E-state index contributed by atoms with van der Waals surface area (Å²) < 4.78 is 1.03. The van der Waals surface area contributed by atoms with Crippen LogP contribution < -0.4 is 11.1 Å². The van der Waals surface area contributed by atoms with E-state index in [4.69, 9.17) is 5.73 Å². The second kappa shape index (κ2) is 6.01. The zero-order valence-corrected chi connectivity index (χ0v) is 11.1. The number of carbonyl (C=O) groups excluding carboxylic acids is 1. The van der Waals surface area contributed by atoms with Gasteiger partial charge < -0.3 is 11.1 Å². The first kappa shape index (κ1) is 13.2. The zero-order valence-electron chi connectivity index (χ0n) is 9.53. The molecule has 0 bridgehead atoms. The van der Waals surface area contributed by atoms with Crippen LogP contribution in [0.25, 0.3) is 0 Å². The Bertz CT molecular complexity index is 349. The van der Waals surface area contributed by atoms with Crippen molar-refractivity contribution in [3.05, 3.63) is 34.3 Å². The SMILES string of the molecule is CC(C)C(N)C(=O)NCc1ccc(Br)cc1. The first-order valence-corrected chi connectivity index (χ1v) is 6.07. The third-order valence-corrected chi connectivity index (χ3v) is 2.93. The van der Waals surface area contributed by atoms with Crippen molar-refractivity contribution in [3.63, 3.8) is 0 Å². The molecule has 16 heavy (non-hydrogen) atoms. The molecule has 0 radical (unpaired) electrons. The summed E-state index contributed by atoms with van der Waals surface area (Å²) in [6.45, 7) is 4.39. The summed E-state index contributed by atoms with van der Waals surface area (Å²) in [5.41, 5.74) is 6.79. The number of nitrogens with two attached hydrogens (primary N) is 1. The van der Waals surface area contributed by atoms with Crippen molar-refractivity contribution < 1.29 is 4.79 Å². The largest absolute Gasteiger partial charge is 0.351 e. The van der Waals surface area contributed by atoms with Crippen LogP contribution in [0.1, 0.15) is 19.4 Å². The minimum atomic E-state index is -0.435. The van der Waals surface area contributed by atoms with E-state index in [1.54, 1.807) is 0 Å². The molecular formula is C12H17BrN2O. The smallest absolute Gasteiger partial charge is 0.237 e. The summed E-state index contributed by atoms with van der Waals surface area (Å²) >= 11 is 3.36. The first-order chi connectivity index (χ1) is 7.50. The molecule has 1 rings (SSSR count). The zero-order chi connectivity index (χ0) is 12.1. The molecule has 0 heterocycles. The Kier molecular flexibility index (Phi) is 4.96. The molecule has 88 valence electrons. The lowest BCUT2D eigenvalue weighted by molar-refractivity contribution is -0.123. The van der Waals surface area contributed by atoms with Gasteiger partial charge in [-0.05, 0) is 23.6 Å². The Morgan fingerprint density at radius 3 is 2.44 bits per heavy atom. The predicted octanol–water partition coefficient (Wildman–Crippen LogP) is 2.05. The summed E-state index contributed by atoms with van der Waals surface area (Å²) in [5.74, 6) is 0.0582. The third kappa shape index (κ3) is 3.94. The minimum Gasteiger partial charge on any atom is -0.351 e. The molecular weight excluding hydrogens is 268 g/mol. The maximum atomic E-state index is 11.6. The molecule has 1 aromatic rings. The van der Waals surface area contributed by atoms with E-state index in [0.717, 1.165) is 10.0 Å². The van der Waals surface area contributed by atoms with E-state index in [-0.39, 0.29) is 11.8 Å². The normalized spacial score (nSPS) is 12.6. The third-order valence-electron chi connectivity index (χ3n) is 2.40. The van der Waals surface area contributed by atoms with Crippen molar-refractivity contribution >= 4 is 21.8 Å². The number of carbonyl (C=O) groups is 1. The van der Waals surface area contributed by atoms with E-state index in [1.165, 1.54) is 0 Å². The highest BCUT2D eigenvalue weighted by molar-refractivity contribution is 9.10. The Balaban J connectivity index is 2.46. The van der Waals surface area contributed by atoms with E-state index in [0.29, 0.717) is 6.54 Å². The molecule has 0 aromatic heterocycles. The Morgan fingerprint density at radius 2 is 1.94 bits per heavy atom. The molecule has 0 aliphatic heterocycles. The molecule has 0 fully saturated rings. The molecule has 3 N–H and O–H groups in total. The highest BCUT2D eigenvalue weighted by Crippen LogP contribution is 2.10. The fourth-order valence-electron chi connectivity index (χ4n) is 1.21. The number of rotatable bonds is 4. The summed E-state index contributed by atoms with van der Waals surface area (Å²) in [4.78, 5) is 11.6. The van der Waals surface area contributed by atoms with Gasteiger partial charge >= 0.3 is 0 Å². The van der Waals surface area contributed by atoms with Crippen LogP contribution in [0.5, 0.6) is 0 Å². The van der Waals surface area contributed by atoms with Gasteiger partial charge in [-0.3, -0.25) is 4.79 Å². The van der Waals surface area contributed by atoms with Crippen molar-refractivity contribution in [1.82, 2.24) is 5.32 Å². The molecule has 0 spiro atoms. The molecule has 0 saturated carbocycles. The fourth-order valence-corrected chi connectivity index (χ4v) is 1.48. The predicted molar refractivity (Wildman–Crippen MR) is 68.8 cm³/mol. The van der Waals surface area contributed by atoms with Crippen LogP contribution >= 0.6 is 15.9 Å². The van der Waals surface area contributed by atoms with Gasteiger partial charge in [-0.25, -0.2) is 0 Å². The van der Waals surface area contributed by atoms with Crippen molar-refractivity contribution in [3.8, 4) is 0 Å². The summed E-state index contributed by atoms with van der Waals surface area (Å²) in [6.07, 6.45) is 0. The lowest BCUT2D eigenvalue weighted by Crippen LogP contribution is -2.43. The van der Waals surface area contributed by atoms with Gasteiger partial charge in [0.1, 0.15) is 0 Å². The molecule has 3 nitrogen and oxygen atoms in total. The van der Waals surface area contributed by atoms with Gasteiger partial charge in [-0.15, -0.1) is 0 Å². The molecule has 1 amide bonds. The molecule has 0 saturated heterocycles. The van der Waals surface area contributed by atoms with Crippen molar-refractivity contribution in [2.75, 3.05) is 0 Å². The minimum absolute atomic E-state index is 0.0991. The van der Waals surface area contributed by atoms with Gasteiger partial charge in [0, 0.05) is 11.0 Å². The molecule has 1 aromatic carbocycles. The van der Waals surface area contributed by atoms with E-state index in [2.05, 4.69) is 21.2 Å². The van der Waals surface area contributed by atoms with Crippen LogP contribution in [0.15, 0.2) is 28.7 Å². The van der Waals surface area contributed by atoms with Crippen LogP contribution in [0.3, 0.4) is 0 Å². The van der Waals surface area contributed by atoms with Gasteiger partial charge in [-0.2, -0.15) is 0 Å². The van der Waals surface area contributed by atoms with Crippen molar-refractivity contribution in [1.29, 1.82) is 0 Å². The van der Waals surface area contributed by atoms with E-state index >= 15 is 0 Å². The quantitative estimate of drug-likeness (QED) is 0.889. The number of benzene rings is 1. The van der Waals surface area contributed by atoms with Gasteiger partial charge in [0.2, 0.25) is 5.91 Å². The Labute approximate surface area is 105 Å². The fraction of sp³-hybridized carbons (Fsp3) is 0.417. The van der Waals surface area contributed by atoms with Crippen LogP contribution in [-0.2, 0) is 11.3 Å². The second-order valence-electron chi connectivity index (χ2n) is 4.11. The summed E-state index contributed by atoms with van der Waals surface area (Å²) in [7, 11) is 0. The lowest BCUT2D eigenvalue weighted by atomic mass is 10.0. The van der Waals surface area contributed by atoms with E-state index < -0.39 is 6.04 Å². The molecule has 4 heteroatoms. The van der Waals surface area contributed by atoms with Gasteiger partial charge in [0.05, 0.1) is 6.04 Å². The maximum Gasteiger partial charge on any atom is 0.237 e. The van der Waals surface area contributed by atoms with Crippen molar-refractivity contribution in [2.45, 2.75) is 26.4 Å². The summed E-state index contributed by atoms with van der Waals surface area (Å²) in [5, 5.41) is 2.82. The van der Waals surface area contributed by atoms with Gasteiger partial charge in [-0.1, -0.05) is 41.9 Å². The topological polar surface area (TPSA) is 55.1 Å². The Morgan fingerprint density at radius 1 is 1.38 bits per heavy atom. The first-order valence-electron chi connectivity index (χ1n) is 5.28. The molecule has 0 aliphatic carbocycles. The monoisotopic (exact) mass is 284 g/mol. The molecule has 1 unspecified atom stereocenters. The van der Waals surface area contributed by atoms with E-state index in [9.17, 15) is 4.79 Å². The van der Waals surface area contributed by atoms with Crippen LogP contribution in [0.2, 0.25) is 0 Å². The average molecular weight is 285 g/mol. The van der Waals surface area contributed by atoms with Crippen LogP contribution in [0.4, 0.5) is 0 Å². The number of amides is 1. The maximum absolute atomic E-state index is 11.6. The van der Waals surface area contributed by atoms with Crippen LogP contribution in [-0.4, -0.2) is 11.9 Å². The highest BCUT2D eigenvalue weighted by atomic mass is 79.9. The number of hydrogen-bond acceptors (Lipinski definition) is 2. The Hall–Kier alpha value is -0.870. The van der Waals surface area contributed by atoms with E-state index in [1.807, 2.05) is 38.1 Å². The summed E-state index contributed by atoms with van der Waals surface area (Å²) in [6, 6.07) is 7.39. The lowest BCUT2D eigenvalue weighted by Gasteiger charge is -2.15. The van der Waals surface area contributed by atoms with Gasteiger partial charge in [0.25, 0.3) is 0 Å². The molecule has 1 atom stereocenters. The number of halogens is 1. The molecule has 0 aliphatic rings.